The quantitative estimate of drug-likeness (QED) is 0.783. The van der Waals surface area contributed by atoms with Gasteiger partial charge in [-0.05, 0) is 59.2 Å². The first-order chi connectivity index (χ1) is 7.66. The van der Waals surface area contributed by atoms with E-state index in [9.17, 15) is 5.11 Å². The van der Waals surface area contributed by atoms with Gasteiger partial charge in [0.15, 0.2) is 0 Å². The SMILES string of the molecule is CC(O)CCCN1CCC2CCC(C1)N2C. The molecule has 2 heterocycles. The van der Waals surface area contributed by atoms with Crippen molar-refractivity contribution in [2.45, 2.75) is 57.2 Å². The van der Waals surface area contributed by atoms with E-state index < -0.39 is 0 Å². The van der Waals surface area contributed by atoms with Crippen LogP contribution in [0, 0.1) is 0 Å². The van der Waals surface area contributed by atoms with E-state index in [-0.39, 0.29) is 6.10 Å². The summed E-state index contributed by atoms with van der Waals surface area (Å²) in [6.07, 6.45) is 6.07. The van der Waals surface area contributed by atoms with Crippen molar-refractivity contribution in [1.82, 2.24) is 9.80 Å². The normalized spacial score (nSPS) is 33.9. The molecule has 0 aliphatic carbocycles. The molecule has 3 nitrogen and oxygen atoms in total. The standard InChI is InChI=1S/C13H26N2O/c1-11(16)4-3-8-15-9-7-12-5-6-13(10-15)14(12)2/h11-13,16H,3-10H2,1-2H3. The molecule has 0 spiro atoms. The van der Waals surface area contributed by atoms with Gasteiger partial charge in [-0.3, -0.25) is 4.90 Å². The van der Waals surface area contributed by atoms with Gasteiger partial charge in [-0.15, -0.1) is 0 Å². The van der Waals surface area contributed by atoms with Gasteiger partial charge >= 0.3 is 0 Å². The van der Waals surface area contributed by atoms with E-state index in [2.05, 4.69) is 16.8 Å². The Morgan fingerprint density at radius 3 is 2.75 bits per heavy atom. The summed E-state index contributed by atoms with van der Waals surface area (Å²) in [6.45, 7) is 5.55. The van der Waals surface area contributed by atoms with Crippen LogP contribution in [-0.4, -0.2) is 59.8 Å². The molecule has 0 aromatic heterocycles. The van der Waals surface area contributed by atoms with Gasteiger partial charge in [0.05, 0.1) is 6.10 Å². The third kappa shape index (κ3) is 2.96. The number of rotatable bonds is 4. The number of aliphatic hydroxyl groups is 1. The molecule has 2 saturated heterocycles. The van der Waals surface area contributed by atoms with Crippen LogP contribution < -0.4 is 0 Å². The molecule has 94 valence electrons. The number of likely N-dealkylation sites (N-methyl/N-ethyl adjacent to an activating group) is 1. The van der Waals surface area contributed by atoms with Crippen molar-refractivity contribution >= 4 is 0 Å². The van der Waals surface area contributed by atoms with Gasteiger partial charge < -0.3 is 10.0 Å². The lowest BCUT2D eigenvalue weighted by molar-refractivity contribution is 0.166. The molecule has 0 amide bonds. The largest absolute Gasteiger partial charge is 0.393 e. The minimum absolute atomic E-state index is 0.133. The molecule has 2 aliphatic rings. The van der Waals surface area contributed by atoms with Gasteiger partial charge in [-0.25, -0.2) is 0 Å². The summed E-state index contributed by atoms with van der Waals surface area (Å²) < 4.78 is 0. The third-order valence-corrected chi connectivity index (χ3v) is 4.33. The highest BCUT2D eigenvalue weighted by Crippen LogP contribution is 2.28. The van der Waals surface area contributed by atoms with Gasteiger partial charge in [-0.2, -0.15) is 0 Å². The first-order valence-corrected chi connectivity index (χ1v) is 6.79. The molecule has 2 bridgehead atoms. The van der Waals surface area contributed by atoms with Crippen LogP contribution in [0.15, 0.2) is 0 Å². The van der Waals surface area contributed by atoms with Gasteiger partial charge in [0.1, 0.15) is 0 Å². The first-order valence-electron chi connectivity index (χ1n) is 6.79. The second kappa shape index (κ2) is 5.48. The Bertz CT molecular complexity index is 220. The predicted molar refractivity (Wildman–Crippen MR) is 66.5 cm³/mol. The Labute approximate surface area is 99.4 Å². The van der Waals surface area contributed by atoms with E-state index >= 15 is 0 Å². The molecule has 1 N–H and O–H groups in total. The van der Waals surface area contributed by atoms with Gasteiger partial charge in [0.25, 0.3) is 0 Å². The van der Waals surface area contributed by atoms with Gasteiger partial charge in [0, 0.05) is 18.6 Å². The smallest absolute Gasteiger partial charge is 0.0512 e. The zero-order chi connectivity index (χ0) is 11.5. The number of aliphatic hydroxyl groups excluding tert-OH is 1. The maximum absolute atomic E-state index is 9.26. The van der Waals surface area contributed by atoms with Crippen molar-refractivity contribution in [2.75, 3.05) is 26.7 Å². The van der Waals surface area contributed by atoms with E-state index in [4.69, 9.17) is 0 Å². The highest BCUT2D eigenvalue weighted by atomic mass is 16.3. The molecule has 0 saturated carbocycles. The molecule has 2 aliphatic heterocycles. The Kier molecular flexibility index (Phi) is 4.22. The van der Waals surface area contributed by atoms with Crippen molar-refractivity contribution in [3.05, 3.63) is 0 Å². The van der Waals surface area contributed by atoms with E-state index in [1.165, 1.54) is 38.9 Å². The molecule has 3 atom stereocenters. The molecule has 16 heavy (non-hydrogen) atoms. The second-order valence-corrected chi connectivity index (χ2v) is 5.63. The number of hydrogen-bond acceptors (Lipinski definition) is 3. The molecule has 3 unspecified atom stereocenters. The minimum atomic E-state index is -0.133. The molecule has 3 heteroatoms. The van der Waals surface area contributed by atoms with Crippen molar-refractivity contribution < 1.29 is 5.11 Å². The topological polar surface area (TPSA) is 26.7 Å². The molecular weight excluding hydrogens is 200 g/mol. The fourth-order valence-electron chi connectivity index (χ4n) is 3.19. The van der Waals surface area contributed by atoms with Crippen molar-refractivity contribution in [1.29, 1.82) is 0 Å². The molecular formula is C13H26N2O. The van der Waals surface area contributed by atoms with Crippen LogP contribution in [0.5, 0.6) is 0 Å². The number of hydrogen-bond donors (Lipinski definition) is 1. The van der Waals surface area contributed by atoms with Crippen LogP contribution in [0.25, 0.3) is 0 Å². The lowest BCUT2D eigenvalue weighted by Crippen LogP contribution is -2.37. The van der Waals surface area contributed by atoms with Gasteiger partial charge in [-0.1, -0.05) is 0 Å². The van der Waals surface area contributed by atoms with Crippen LogP contribution in [-0.2, 0) is 0 Å². The highest BCUT2D eigenvalue weighted by Gasteiger charge is 2.34. The summed E-state index contributed by atoms with van der Waals surface area (Å²) in [5.41, 5.74) is 0. The van der Waals surface area contributed by atoms with E-state index in [1.807, 2.05) is 6.92 Å². The Balaban J connectivity index is 1.76. The monoisotopic (exact) mass is 226 g/mol. The molecule has 0 radical (unpaired) electrons. The van der Waals surface area contributed by atoms with Crippen molar-refractivity contribution in [3.63, 3.8) is 0 Å². The number of nitrogens with zero attached hydrogens (tertiary/aromatic N) is 2. The lowest BCUT2D eigenvalue weighted by Gasteiger charge is -2.25. The van der Waals surface area contributed by atoms with Crippen molar-refractivity contribution in [3.8, 4) is 0 Å². The predicted octanol–water partition coefficient (Wildman–Crippen LogP) is 1.32. The van der Waals surface area contributed by atoms with Crippen LogP contribution in [0.1, 0.15) is 39.0 Å². The van der Waals surface area contributed by atoms with Crippen LogP contribution in [0.4, 0.5) is 0 Å². The maximum atomic E-state index is 9.26. The summed E-state index contributed by atoms with van der Waals surface area (Å²) in [6, 6.07) is 1.63. The van der Waals surface area contributed by atoms with Crippen molar-refractivity contribution in [2.24, 2.45) is 0 Å². The van der Waals surface area contributed by atoms with Gasteiger partial charge in [0.2, 0.25) is 0 Å². The average molecular weight is 226 g/mol. The Morgan fingerprint density at radius 2 is 2.00 bits per heavy atom. The van der Waals surface area contributed by atoms with Crippen LogP contribution in [0.3, 0.4) is 0 Å². The number of likely N-dealkylation sites (tertiary alicyclic amines) is 1. The van der Waals surface area contributed by atoms with Crippen LogP contribution in [0.2, 0.25) is 0 Å². The Hall–Kier alpha value is -0.120. The molecule has 0 aromatic rings. The van der Waals surface area contributed by atoms with Crippen LogP contribution >= 0.6 is 0 Å². The first kappa shape index (κ1) is 12.3. The third-order valence-electron chi connectivity index (χ3n) is 4.33. The molecule has 0 aromatic carbocycles. The summed E-state index contributed by atoms with van der Waals surface area (Å²) in [5.74, 6) is 0. The second-order valence-electron chi connectivity index (χ2n) is 5.63. The zero-order valence-electron chi connectivity index (χ0n) is 10.7. The summed E-state index contributed by atoms with van der Waals surface area (Å²) >= 11 is 0. The Morgan fingerprint density at radius 1 is 1.25 bits per heavy atom. The zero-order valence-corrected chi connectivity index (χ0v) is 10.7. The summed E-state index contributed by atoms with van der Waals surface area (Å²) in [7, 11) is 2.29. The van der Waals surface area contributed by atoms with E-state index in [0.29, 0.717) is 0 Å². The van der Waals surface area contributed by atoms with E-state index in [1.54, 1.807) is 0 Å². The minimum Gasteiger partial charge on any atom is -0.393 e. The molecule has 2 rings (SSSR count). The fourth-order valence-corrected chi connectivity index (χ4v) is 3.19. The average Bonchev–Trinajstić information content (AvgIpc) is 2.45. The number of fused-ring (bicyclic) bond motifs is 2. The van der Waals surface area contributed by atoms with E-state index in [0.717, 1.165) is 24.9 Å². The summed E-state index contributed by atoms with van der Waals surface area (Å²) in [5, 5.41) is 9.26. The molecule has 2 fully saturated rings. The fraction of sp³-hybridized carbons (Fsp3) is 1.00. The lowest BCUT2D eigenvalue weighted by atomic mass is 10.1. The maximum Gasteiger partial charge on any atom is 0.0512 e. The summed E-state index contributed by atoms with van der Waals surface area (Å²) in [4.78, 5) is 5.19. The highest BCUT2D eigenvalue weighted by molar-refractivity contribution is 4.90.